The van der Waals surface area contributed by atoms with Crippen molar-refractivity contribution < 1.29 is 14.6 Å². The van der Waals surface area contributed by atoms with E-state index in [1.54, 1.807) is 20.4 Å². The third-order valence-corrected chi connectivity index (χ3v) is 2.50. The molecule has 1 N–H and O–H groups in total. The molecule has 16 heavy (non-hydrogen) atoms. The van der Waals surface area contributed by atoms with Crippen LogP contribution in [0.5, 0.6) is 11.5 Å². The summed E-state index contributed by atoms with van der Waals surface area (Å²) in [5.41, 5.74) is 0.620. The highest BCUT2D eigenvalue weighted by Crippen LogP contribution is 2.32. The Kier molecular flexibility index (Phi) is 2.92. The zero-order chi connectivity index (χ0) is 11.5. The average molecular weight is 219 g/mol. The van der Waals surface area contributed by atoms with Crippen molar-refractivity contribution in [2.24, 2.45) is 0 Å². The summed E-state index contributed by atoms with van der Waals surface area (Å²) in [5.74, 6) is 1.40. The maximum absolute atomic E-state index is 9.22. The van der Waals surface area contributed by atoms with Gasteiger partial charge in [-0.05, 0) is 12.1 Å². The van der Waals surface area contributed by atoms with E-state index in [0.29, 0.717) is 17.2 Å². The van der Waals surface area contributed by atoms with Gasteiger partial charge >= 0.3 is 0 Å². The van der Waals surface area contributed by atoms with E-state index < -0.39 is 0 Å². The maximum atomic E-state index is 9.22. The highest BCUT2D eigenvalue weighted by molar-refractivity contribution is 5.91. The van der Waals surface area contributed by atoms with Crippen LogP contribution in [0.25, 0.3) is 10.8 Å². The summed E-state index contributed by atoms with van der Waals surface area (Å²) in [5, 5.41) is 11.0. The smallest absolute Gasteiger partial charge is 0.130 e. The number of rotatable bonds is 3. The van der Waals surface area contributed by atoms with Crippen molar-refractivity contribution in [2.75, 3.05) is 14.2 Å². The molecule has 1 aromatic heterocycles. The summed E-state index contributed by atoms with van der Waals surface area (Å²) in [6, 6.07) is 5.51. The average Bonchev–Trinajstić information content (AvgIpc) is 2.36. The highest BCUT2D eigenvalue weighted by atomic mass is 16.5. The van der Waals surface area contributed by atoms with Crippen LogP contribution in [-0.4, -0.2) is 24.3 Å². The first-order valence-corrected chi connectivity index (χ1v) is 4.90. The van der Waals surface area contributed by atoms with Gasteiger partial charge < -0.3 is 14.6 Å². The Morgan fingerprint density at radius 3 is 2.62 bits per heavy atom. The fourth-order valence-corrected chi connectivity index (χ4v) is 1.70. The van der Waals surface area contributed by atoms with Gasteiger partial charge in [0.05, 0.1) is 26.5 Å². The monoisotopic (exact) mass is 219 g/mol. The molecule has 4 nitrogen and oxygen atoms in total. The number of aromatic nitrogens is 1. The van der Waals surface area contributed by atoms with Gasteiger partial charge in [-0.15, -0.1) is 0 Å². The summed E-state index contributed by atoms with van der Waals surface area (Å²) in [4.78, 5) is 4.12. The molecule has 0 unspecified atom stereocenters. The number of fused-ring (bicyclic) bond motifs is 1. The molecular weight excluding hydrogens is 206 g/mol. The molecule has 0 fully saturated rings. The quantitative estimate of drug-likeness (QED) is 0.854. The number of pyridine rings is 1. The molecular formula is C12H13NO3. The van der Waals surface area contributed by atoms with Crippen LogP contribution >= 0.6 is 0 Å². The van der Waals surface area contributed by atoms with Gasteiger partial charge in [0.1, 0.15) is 11.5 Å². The maximum Gasteiger partial charge on any atom is 0.130 e. The minimum absolute atomic E-state index is 0.104. The zero-order valence-corrected chi connectivity index (χ0v) is 9.23. The van der Waals surface area contributed by atoms with E-state index >= 15 is 0 Å². The zero-order valence-electron chi connectivity index (χ0n) is 9.23. The van der Waals surface area contributed by atoms with Crippen LogP contribution in [0.15, 0.2) is 24.4 Å². The Morgan fingerprint density at radius 2 is 2.00 bits per heavy atom. The molecule has 0 amide bonds. The minimum Gasteiger partial charge on any atom is -0.497 e. The van der Waals surface area contributed by atoms with Gasteiger partial charge in [-0.1, -0.05) is 0 Å². The lowest BCUT2D eigenvalue weighted by Gasteiger charge is -2.10. The topological polar surface area (TPSA) is 51.6 Å². The van der Waals surface area contributed by atoms with Crippen molar-refractivity contribution in [1.82, 2.24) is 4.98 Å². The van der Waals surface area contributed by atoms with E-state index in [9.17, 15) is 5.11 Å². The SMILES string of the molecule is COc1cc(OC)c2ccnc(CO)c2c1. The molecule has 0 spiro atoms. The predicted molar refractivity (Wildman–Crippen MR) is 60.8 cm³/mol. The van der Waals surface area contributed by atoms with E-state index in [0.717, 1.165) is 10.8 Å². The van der Waals surface area contributed by atoms with Crippen molar-refractivity contribution in [3.63, 3.8) is 0 Å². The van der Waals surface area contributed by atoms with Crippen LogP contribution in [0.2, 0.25) is 0 Å². The lowest BCUT2D eigenvalue weighted by molar-refractivity contribution is 0.278. The van der Waals surface area contributed by atoms with Crippen molar-refractivity contribution in [3.8, 4) is 11.5 Å². The number of aliphatic hydroxyl groups is 1. The molecule has 1 heterocycles. The van der Waals surface area contributed by atoms with Crippen molar-refractivity contribution in [1.29, 1.82) is 0 Å². The van der Waals surface area contributed by atoms with Gasteiger partial charge in [0, 0.05) is 23.0 Å². The molecule has 0 aliphatic rings. The second-order valence-electron chi connectivity index (χ2n) is 3.34. The molecule has 2 aromatic rings. The minimum atomic E-state index is -0.104. The molecule has 0 saturated heterocycles. The van der Waals surface area contributed by atoms with Crippen LogP contribution < -0.4 is 9.47 Å². The third-order valence-electron chi connectivity index (χ3n) is 2.50. The van der Waals surface area contributed by atoms with Gasteiger partial charge in [0.2, 0.25) is 0 Å². The van der Waals surface area contributed by atoms with Crippen molar-refractivity contribution in [3.05, 3.63) is 30.1 Å². The molecule has 0 radical (unpaired) electrons. The van der Waals surface area contributed by atoms with Gasteiger partial charge in [0.15, 0.2) is 0 Å². The van der Waals surface area contributed by atoms with Crippen LogP contribution in [-0.2, 0) is 6.61 Å². The Balaban J connectivity index is 2.78. The summed E-state index contributed by atoms with van der Waals surface area (Å²) in [7, 11) is 3.20. The number of nitrogens with zero attached hydrogens (tertiary/aromatic N) is 1. The van der Waals surface area contributed by atoms with E-state index in [-0.39, 0.29) is 6.61 Å². The van der Waals surface area contributed by atoms with E-state index in [1.807, 2.05) is 18.2 Å². The molecule has 84 valence electrons. The first-order chi connectivity index (χ1) is 7.80. The van der Waals surface area contributed by atoms with Crippen LogP contribution in [0, 0.1) is 0 Å². The summed E-state index contributed by atoms with van der Waals surface area (Å²) in [6.07, 6.45) is 1.66. The third kappa shape index (κ3) is 1.67. The Morgan fingerprint density at radius 1 is 1.19 bits per heavy atom. The van der Waals surface area contributed by atoms with Gasteiger partial charge in [-0.3, -0.25) is 4.98 Å². The van der Waals surface area contributed by atoms with Crippen LogP contribution in [0.3, 0.4) is 0 Å². The van der Waals surface area contributed by atoms with Crippen molar-refractivity contribution >= 4 is 10.8 Å². The normalized spacial score (nSPS) is 10.4. The molecule has 0 aliphatic carbocycles. The number of ether oxygens (including phenoxy) is 2. The molecule has 0 aliphatic heterocycles. The van der Waals surface area contributed by atoms with Crippen LogP contribution in [0.4, 0.5) is 0 Å². The number of benzene rings is 1. The number of hydrogen-bond acceptors (Lipinski definition) is 4. The number of hydrogen-bond donors (Lipinski definition) is 1. The van der Waals surface area contributed by atoms with Crippen molar-refractivity contribution in [2.45, 2.75) is 6.61 Å². The van der Waals surface area contributed by atoms with E-state index in [4.69, 9.17) is 9.47 Å². The van der Waals surface area contributed by atoms with Gasteiger partial charge in [-0.2, -0.15) is 0 Å². The fraction of sp³-hybridized carbons (Fsp3) is 0.250. The summed E-state index contributed by atoms with van der Waals surface area (Å²) < 4.78 is 10.5. The summed E-state index contributed by atoms with van der Waals surface area (Å²) >= 11 is 0. The molecule has 4 heteroatoms. The lowest BCUT2D eigenvalue weighted by atomic mass is 10.1. The number of aliphatic hydroxyl groups excluding tert-OH is 1. The van der Waals surface area contributed by atoms with E-state index in [2.05, 4.69) is 4.98 Å². The largest absolute Gasteiger partial charge is 0.497 e. The van der Waals surface area contributed by atoms with Gasteiger partial charge in [0.25, 0.3) is 0 Å². The molecule has 0 saturated carbocycles. The summed E-state index contributed by atoms with van der Waals surface area (Å²) in [6.45, 7) is -0.104. The Hall–Kier alpha value is -1.81. The fourth-order valence-electron chi connectivity index (χ4n) is 1.70. The second kappa shape index (κ2) is 4.37. The number of methoxy groups -OCH3 is 2. The molecule has 0 atom stereocenters. The first-order valence-electron chi connectivity index (χ1n) is 4.90. The first kappa shape index (κ1) is 10.7. The molecule has 2 rings (SSSR count). The molecule has 0 bridgehead atoms. The molecule has 1 aromatic carbocycles. The lowest BCUT2D eigenvalue weighted by Crippen LogP contribution is -1.94. The second-order valence-corrected chi connectivity index (χ2v) is 3.34. The standard InChI is InChI=1S/C12H13NO3/c1-15-8-5-10-9(12(6-8)16-2)3-4-13-11(10)7-14/h3-6,14H,7H2,1-2H3. The van der Waals surface area contributed by atoms with E-state index in [1.165, 1.54) is 0 Å². The van der Waals surface area contributed by atoms with Gasteiger partial charge in [-0.25, -0.2) is 0 Å². The highest BCUT2D eigenvalue weighted by Gasteiger charge is 2.08. The Labute approximate surface area is 93.4 Å². The Bertz CT molecular complexity index is 511. The van der Waals surface area contributed by atoms with Crippen LogP contribution in [0.1, 0.15) is 5.69 Å². The predicted octanol–water partition coefficient (Wildman–Crippen LogP) is 1.74.